The summed E-state index contributed by atoms with van der Waals surface area (Å²) in [5, 5.41) is 4.08. The van der Waals surface area contributed by atoms with E-state index in [1.807, 2.05) is 37.5 Å². The molecule has 1 N–H and O–H groups in total. The summed E-state index contributed by atoms with van der Waals surface area (Å²) >= 11 is 6.18. The van der Waals surface area contributed by atoms with E-state index in [-0.39, 0.29) is 0 Å². The molecular weight excluding hydrogens is 246 g/mol. The van der Waals surface area contributed by atoms with Gasteiger partial charge in [0.15, 0.2) is 0 Å². The summed E-state index contributed by atoms with van der Waals surface area (Å²) in [6.07, 6.45) is 4.95. The molecule has 0 saturated heterocycles. The normalized spacial score (nSPS) is 10.6. The highest BCUT2D eigenvalue weighted by molar-refractivity contribution is 6.33. The first kappa shape index (κ1) is 13.0. The molecule has 0 saturated carbocycles. The fraction of sp³-hybridized carbons (Fsp3) is 0.357. The maximum absolute atomic E-state index is 6.18. The van der Waals surface area contributed by atoms with Gasteiger partial charge < -0.3 is 9.88 Å². The first-order chi connectivity index (χ1) is 8.70. The van der Waals surface area contributed by atoms with Crippen molar-refractivity contribution in [2.24, 2.45) is 0 Å². The summed E-state index contributed by atoms with van der Waals surface area (Å²) < 4.78 is 2.16. The number of nitrogens with one attached hydrogen (secondary N) is 1. The number of hydrogen-bond donors (Lipinski definition) is 1. The van der Waals surface area contributed by atoms with E-state index in [1.165, 1.54) is 0 Å². The highest BCUT2D eigenvalue weighted by Gasteiger charge is 2.04. The first-order valence-corrected chi connectivity index (χ1v) is 6.58. The summed E-state index contributed by atoms with van der Waals surface area (Å²) in [7, 11) is 0. The predicted molar refractivity (Wildman–Crippen MR) is 76.0 cm³/mol. The maximum Gasteiger partial charge on any atom is 0.128 e. The van der Waals surface area contributed by atoms with Gasteiger partial charge in [0.2, 0.25) is 0 Å². The van der Waals surface area contributed by atoms with E-state index in [9.17, 15) is 0 Å². The molecule has 0 aliphatic heterocycles. The van der Waals surface area contributed by atoms with Gasteiger partial charge in [0.1, 0.15) is 5.82 Å². The Balaban J connectivity index is 2.04. The Morgan fingerprint density at radius 2 is 2.22 bits per heavy atom. The van der Waals surface area contributed by atoms with Crippen molar-refractivity contribution in [2.75, 3.05) is 5.32 Å². The van der Waals surface area contributed by atoms with Crippen molar-refractivity contribution >= 4 is 17.3 Å². The molecule has 0 fully saturated rings. The van der Waals surface area contributed by atoms with Gasteiger partial charge in [-0.1, -0.05) is 24.6 Å². The molecule has 0 atom stereocenters. The van der Waals surface area contributed by atoms with Crippen LogP contribution in [0.2, 0.25) is 5.02 Å². The van der Waals surface area contributed by atoms with Crippen molar-refractivity contribution < 1.29 is 0 Å². The van der Waals surface area contributed by atoms with Crippen LogP contribution in [0.3, 0.4) is 0 Å². The van der Waals surface area contributed by atoms with E-state index in [1.54, 1.807) is 0 Å². The number of halogens is 1. The van der Waals surface area contributed by atoms with Gasteiger partial charge in [-0.25, -0.2) is 4.98 Å². The van der Waals surface area contributed by atoms with Crippen molar-refractivity contribution in [3.63, 3.8) is 0 Å². The number of aromatic nitrogens is 2. The Labute approximate surface area is 113 Å². The van der Waals surface area contributed by atoms with Crippen molar-refractivity contribution in [3.8, 4) is 0 Å². The molecule has 3 nitrogen and oxygen atoms in total. The van der Waals surface area contributed by atoms with Crippen LogP contribution >= 0.6 is 11.6 Å². The molecule has 0 amide bonds. The molecule has 1 aromatic heterocycles. The molecule has 1 aromatic carbocycles. The standard InChI is InChI=1S/C14H18ClN3/c1-3-7-18-8-6-16-14(18)10-17-13-5-4-11(2)9-12(13)15/h4-6,8-9,17H,3,7,10H2,1-2H3. The van der Waals surface area contributed by atoms with Gasteiger partial charge in [-0.05, 0) is 31.0 Å². The highest BCUT2D eigenvalue weighted by Crippen LogP contribution is 2.23. The van der Waals surface area contributed by atoms with Gasteiger partial charge in [0, 0.05) is 18.9 Å². The monoisotopic (exact) mass is 263 g/mol. The second-order valence-corrected chi connectivity index (χ2v) is 4.78. The largest absolute Gasteiger partial charge is 0.377 e. The molecule has 0 unspecified atom stereocenters. The Bertz CT molecular complexity index is 520. The van der Waals surface area contributed by atoms with Crippen LogP contribution in [-0.2, 0) is 13.1 Å². The number of anilines is 1. The smallest absolute Gasteiger partial charge is 0.128 e. The van der Waals surface area contributed by atoms with Gasteiger partial charge in [0.25, 0.3) is 0 Å². The van der Waals surface area contributed by atoms with Gasteiger partial charge in [-0.3, -0.25) is 0 Å². The highest BCUT2D eigenvalue weighted by atomic mass is 35.5. The lowest BCUT2D eigenvalue weighted by Crippen LogP contribution is -2.08. The fourth-order valence-corrected chi connectivity index (χ4v) is 2.19. The van der Waals surface area contributed by atoms with Crippen LogP contribution in [0.1, 0.15) is 24.7 Å². The van der Waals surface area contributed by atoms with Gasteiger partial charge in [-0.15, -0.1) is 0 Å². The number of aryl methyl sites for hydroxylation is 2. The van der Waals surface area contributed by atoms with E-state index >= 15 is 0 Å². The van der Waals surface area contributed by atoms with E-state index in [4.69, 9.17) is 11.6 Å². The molecule has 0 aliphatic carbocycles. The van der Waals surface area contributed by atoms with E-state index in [0.29, 0.717) is 6.54 Å². The van der Waals surface area contributed by atoms with Crippen molar-refractivity contribution in [3.05, 3.63) is 47.0 Å². The van der Waals surface area contributed by atoms with Crippen LogP contribution < -0.4 is 5.32 Å². The molecule has 0 aliphatic rings. The topological polar surface area (TPSA) is 29.9 Å². The van der Waals surface area contributed by atoms with Crippen molar-refractivity contribution in [1.29, 1.82) is 0 Å². The lowest BCUT2D eigenvalue weighted by atomic mass is 10.2. The van der Waals surface area contributed by atoms with E-state index in [2.05, 4.69) is 21.8 Å². The lowest BCUT2D eigenvalue weighted by molar-refractivity contribution is 0.644. The maximum atomic E-state index is 6.18. The van der Waals surface area contributed by atoms with Gasteiger partial charge >= 0.3 is 0 Å². The average Bonchev–Trinajstić information content (AvgIpc) is 2.76. The minimum Gasteiger partial charge on any atom is -0.377 e. The second-order valence-electron chi connectivity index (χ2n) is 4.37. The number of rotatable bonds is 5. The second kappa shape index (κ2) is 5.91. The third kappa shape index (κ3) is 3.05. The van der Waals surface area contributed by atoms with Crippen LogP contribution in [0.5, 0.6) is 0 Å². The Hall–Kier alpha value is -1.48. The number of imidazole rings is 1. The molecule has 96 valence electrons. The molecule has 4 heteroatoms. The Kier molecular flexibility index (Phi) is 4.26. The minimum absolute atomic E-state index is 0.690. The van der Waals surface area contributed by atoms with Crippen molar-refractivity contribution in [1.82, 2.24) is 9.55 Å². The summed E-state index contributed by atoms with van der Waals surface area (Å²) in [5.74, 6) is 1.04. The Morgan fingerprint density at radius 1 is 1.39 bits per heavy atom. The number of nitrogens with zero attached hydrogens (tertiary/aromatic N) is 2. The lowest BCUT2D eigenvalue weighted by Gasteiger charge is -2.10. The summed E-state index contributed by atoms with van der Waals surface area (Å²) in [5.41, 5.74) is 2.12. The molecule has 18 heavy (non-hydrogen) atoms. The first-order valence-electron chi connectivity index (χ1n) is 6.20. The zero-order valence-corrected chi connectivity index (χ0v) is 11.5. The van der Waals surface area contributed by atoms with Crippen molar-refractivity contribution in [2.45, 2.75) is 33.4 Å². The molecule has 2 rings (SSSR count). The zero-order chi connectivity index (χ0) is 13.0. The van der Waals surface area contributed by atoms with Crippen LogP contribution in [0.4, 0.5) is 5.69 Å². The van der Waals surface area contributed by atoms with Gasteiger partial charge in [0.05, 0.1) is 17.3 Å². The summed E-state index contributed by atoms with van der Waals surface area (Å²) in [4.78, 5) is 4.35. The third-order valence-corrected chi connectivity index (χ3v) is 3.14. The molecule has 2 aromatic rings. The van der Waals surface area contributed by atoms with Crippen LogP contribution in [0.25, 0.3) is 0 Å². The van der Waals surface area contributed by atoms with Gasteiger partial charge in [-0.2, -0.15) is 0 Å². The molecule has 0 radical (unpaired) electrons. The zero-order valence-electron chi connectivity index (χ0n) is 10.8. The average molecular weight is 264 g/mol. The molecule has 1 heterocycles. The van der Waals surface area contributed by atoms with Crippen LogP contribution in [0.15, 0.2) is 30.6 Å². The van der Waals surface area contributed by atoms with E-state index < -0.39 is 0 Å². The summed E-state index contributed by atoms with van der Waals surface area (Å²) in [6.45, 7) is 5.88. The Morgan fingerprint density at radius 3 is 2.94 bits per heavy atom. The third-order valence-electron chi connectivity index (χ3n) is 2.83. The quantitative estimate of drug-likeness (QED) is 0.888. The molecule has 0 spiro atoms. The fourth-order valence-electron chi connectivity index (χ4n) is 1.89. The van der Waals surface area contributed by atoms with E-state index in [0.717, 1.165) is 35.1 Å². The number of benzene rings is 1. The molecule has 0 bridgehead atoms. The minimum atomic E-state index is 0.690. The number of hydrogen-bond acceptors (Lipinski definition) is 2. The summed E-state index contributed by atoms with van der Waals surface area (Å²) in [6, 6.07) is 6.01. The predicted octanol–water partition coefficient (Wildman–Crippen LogP) is 3.87. The van der Waals surface area contributed by atoms with Crippen LogP contribution in [0, 0.1) is 6.92 Å². The molecular formula is C14H18ClN3. The SMILES string of the molecule is CCCn1ccnc1CNc1ccc(C)cc1Cl. The van der Waals surface area contributed by atoms with Crippen LogP contribution in [-0.4, -0.2) is 9.55 Å².